The number of nitrogens with two attached hydrogens (primary N) is 1. The molecule has 2 heterocycles. The van der Waals surface area contributed by atoms with E-state index in [9.17, 15) is 46.8 Å². The van der Waals surface area contributed by atoms with Crippen LogP contribution in [0.2, 0.25) is 0 Å². The molecule has 1 aromatic carbocycles. The van der Waals surface area contributed by atoms with E-state index in [1.54, 1.807) is 58.9 Å². The monoisotopic (exact) mass is 819 g/mol. The Balaban J connectivity index is 1.72. The molecule has 0 spiro atoms. The lowest BCUT2D eigenvalue weighted by atomic mass is 9.88. The van der Waals surface area contributed by atoms with Crippen molar-refractivity contribution in [1.82, 2.24) is 20.4 Å². The van der Waals surface area contributed by atoms with Gasteiger partial charge in [0, 0.05) is 43.9 Å². The zero-order valence-corrected chi connectivity index (χ0v) is 33.7. The Kier molecular flexibility index (Phi) is 16.6. The second-order valence-corrected chi connectivity index (χ2v) is 17.1. The second kappa shape index (κ2) is 20.4. The number of esters is 1. The third-order valence-electron chi connectivity index (χ3n) is 9.45. The van der Waals surface area contributed by atoms with Crippen molar-refractivity contribution in [3.63, 3.8) is 0 Å². The molecule has 4 atom stereocenters. The van der Waals surface area contributed by atoms with Crippen LogP contribution in [0.25, 0.3) is 0 Å². The van der Waals surface area contributed by atoms with Crippen LogP contribution in [0.3, 0.4) is 0 Å². The van der Waals surface area contributed by atoms with Gasteiger partial charge in [-0.05, 0) is 50.7 Å². The minimum Gasteiger partial charge on any atom is -0.460 e. The van der Waals surface area contributed by atoms with Crippen molar-refractivity contribution in [1.29, 1.82) is 0 Å². The highest BCUT2D eigenvalue weighted by Crippen LogP contribution is 2.27. The summed E-state index contributed by atoms with van der Waals surface area (Å²) in [6.07, 6.45) is 1.94. The molecule has 1 fully saturated rings. The maximum Gasteiger partial charge on any atom is 0.312 e. The number of hydrogen-bond acceptors (Lipinski definition) is 12. The van der Waals surface area contributed by atoms with Crippen LogP contribution in [0, 0.1) is 17.3 Å². The van der Waals surface area contributed by atoms with Crippen LogP contribution in [0.1, 0.15) is 71.4 Å². The van der Waals surface area contributed by atoms with Crippen molar-refractivity contribution >= 4 is 57.3 Å². The third kappa shape index (κ3) is 14.5. The number of ether oxygens (including phenoxy) is 2. The number of primary amides is 1. The summed E-state index contributed by atoms with van der Waals surface area (Å²) in [5.74, 6) is -6.04. The van der Waals surface area contributed by atoms with E-state index in [2.05, 4.69) is 10.6 Å². The summed E-state index contributed by atoms with van der Waals surface area (Å²) in [5, 5.41) is 5.23. The number of carbonyl (C=O) groups excluding carboxylic acids is 8. The fourth-order valence-corrected chi connectivity index (χ4v) is 6.55. The number of carbonyl (C=O) groups is 8. The lowest BCUT2D eigenvalue weighted by Crippen LogP contribution is -2.48. The summed E-state index contributed by atoms with van der Waals surface area (Å²) in [7, 11) is -4.34. The van der Waals surface area contributed by atoms with Crippen LogP contribution in [-0.2, 0) is 66.2 Å². The van der Waals surface area contributed by atoms with Gasteiger partial charge in [-0.25, -0.2) is 4.79 Å². The van der Waals surface area contributed by atoms with Gasteiger partial charge in [-0.2, -0.15) is 8.42 Å². The molecule has 0 saturated carbocycles. The van der Waals surface area contributed by atoms with Crippen LogP contribution >= 0.6 is 0 Å². The first-order valence-corrected chi connectivity index (χ1v) is 20.2. The smallest absolute Gasteiger partial charge is 0.312 e. The summed E-state index contributed by atoms with van der Waals surface area (Å²) in [6, 6.07) is 3.02. The van der Waals surface area contributed by atoms with Crippen molar-refractivity contribution in [2.45, 2.75) is 91.5 Å². The molecule has 18 nitrogen and oxygen atoms in total. The number of hydrogen-bond donors (Lipinski definition) is 4. The molecule has 1 aromatic rings. The number of imide groups is 1. The molecule has 19 heteroatoms. The second-order valence-electron chi connectivity index (χ2n) is 15.5. The number of likely N-dealkylation sites (tertiary alicyclic amines) is 1. The van der Waals surface area contributed by atoms with Gasteiger partial charge in [0.1, 0.15) is 12.6 Å². The van der Waals surface area contributed by atoms with Gasteiger partial charge >= 0.3 is 12.0 Å². The topological polar surface area (TPSA) is 266 Å². The fourth-order valence-electron chi connectivity index (χ4n) is 6.22. The first-order valence-electron chi connectivity index (χ1n) is 18.6. The number of ketones is 2. The van der Waals surface area contributed by atoms with Gasteiger partial charge in [0.25, 0.3) is 21.9 Å². The number of urea groups is 1. The Morgan fingerprint density at radius 3 is 2.18 bits per heavy atom. The zero-order valence-electron chi connectivity index (χ0n) is 32.9. The van der Waals surface area contributed by atoms with Crippen molar-refractivity contribution in [3.05, 3.63) is 47.5 Å². The molecule has 314 valence electrons. The van der Waals surface area contributed by atoms with Gasteiger partial charge in [-0.3, -0.25) is 43.0 Å². The lowest BCUT2D eigenvalue weighted by Gasteiger charge is -2.27. The summed E-state index contributed by atoms with van der Waals surface area (Å²) < 4.78 is 42.1. The molecular formula is C38H53N5O13S. The van der Waals surface area contributed by atoms with E-state index in [1.165, 1.54) is 0 Å². The number of Topliss-reactive ketones (excluding diaryl/α,β-unsaturated/α-hetero) is 2. The van der Waals surface area contributed by atoms with Gasteiger partial charge < -0.3 is 30.7 Å². The maximum absolute atomic E-state index is 13.8. The summed E-state index contributed by atoms with van der Waals surface area (Å²) in [5.41, 5.74) is 5.86. The van der Waals surface area contributed by atoms with Crippen LogP contribution < -0.4 is 16.4 Å². The Morgan fingerprint density at radius 1 is 1.00 bits per heavy atom. The minimum absolute atomic E-state index is 0.0540. The highest BCUT2D eigenvalue weighted by atomic mass is 32.2. The third-order valence-corrected chi connectivity index (χ3v) is 10.1. The normalized spacial score (nSPS) is 18.2. The Bertz CT molecular complexity index is 1800. The van der Waals surface area contributed by atoms with E-state index in [4.69, 9.17) is 19.8 Å². The first kappa shape index (κ1) is 46.4. The standard InChI is InChI=1S/C38H53N5O13S/c1-23(2)28(19-27(44)20-42-26(22-55-15-16-57(52,53)54)18-30(35(42)49)43-32(46)12-13-33(43)47)34(48)41-29(7-6-14-40-37(39)51)31(45)17-24-8-10-25(11-9-24)21-56-36(50)38(3,4)5/h8-13,23,26,28-30H,6-7,14-22H2,1-5H3,(H,41,48)(H3,39,40,51)(H,52,53,54)/t26-,28-,29-,30-/m0/s1. The summed E-state index contributed by atoms with van der Waals surface area (Å²) in [4.78, 5) is 105. The molecule has 2 aliphatic rings. The summed E-state index contributed by atoms with van der Waals surface area (Å²) >= 11 is 0. The molecule has 1 saturated heterocycles. The SMILES string of the molecule is CC(C)[C@H](CC(=O)CN1C(=O)[C@@H](N2C(=O)C=CC2=O)C[C@H]1COCCS(=O)(=O)O)C(=O)N[C@@H](CCCNC(N)=O)C(=O)Cc1ccc(COC(=O)C(C)(C)C)cc1. The molecule has 0 aliphatic carbocycles. The predicted octanol–water partition coefficient (Wildman–Crippen LogP) is 0.851. The fraction of sp³-hybridized carbons (Fsp3) is 0.579. The largest absolute Gasteiger partial charge is 0.460 e. The molecule has 5 N–H and O–H groups in total. The Labute approximate surface area is 332 Å². The highest BCUT2D eigenvalue weighted by molar-refractivity contribution is 7.85. The molecule has 6 amide bonds. The van der Waals surface area contributed by atoms with Crippen molar-refractivity contribution < 1.29 is 60.8 Å². The zero-order chi connectivity index (χ0) is 42.7. The molecule has 57 heavy (non-hydrogen) atoms. The number of amides is 6. The predicted molar refractivity (Wildman–Crippen MR) is 203 cm³/mol. The van der Waals surface area contributed by atoms with Gasteiger partial charge in [0.05, 0.1) is 43.0 Å². The molecule has 0 aromatic heterocycles. The van der Waals surface area contributed by atoms with Crippen LogP contribution in [0.5, 0.6) is 0 Å². The van der Waals surface area contributed by atoms with Crippen LogP contribution in [-0.4, -0.2) is 120 Å². The average Bonchev–Trinajstić information content (AvgIpc) is 3.60. The van der Waals surface area contributed by atoms with E-state index in [0.29, 0.717) is 11.1 Å². The van der Waals surface area contributed by atoms with Gasteiger partial charge in [0.2, 0.25) is 11.8 Å². The number of rotatable bonds is 22. The first-order chi connectivity index (χ1) is 26.6. The van der Waals surface area contributed by atoms with Crippen molar-refractivity contribution in [2.24, 2.45) is 23.0 Å². The number of nitrogens with one attached hydrogen (secondary N) is 2. The van der Waals surface area contributed by atoms with Gasteiger partial charge in [-0.15, -0.1) is 0 Å². The maximum atomic E-state index is 13.8. The Morgan fingerprint density at radius 2 is 1.61 bits per heavy atom. The summed E-state index contributed by atoms with van der Waals surface area (Å²) in [6.45, 7) is 7.64. The van der Waals surface area contributed by atoms with Crippen molar-refractivity contribution in [3.8, 4) is 0 Å². The van der Waals surface area contributed by atoms with Crippen LogP contribution in [0.15, 0.2) is 36.4 Å². The van der Waals surface area contributed by atoms with Crippen molar-refractivity contribution in [2.75, 3.05) is 32.1 Å². The van der Waals surface area contributed by atoms with E-state index >= 15 is 0 Å². The number of benzene rings is 1. The molecular weight excluding hydrogens is 767 g/mol. The van der Waals surface area contributed by atoms with E-state index < -0.39 is 99.8 Å². The lowest BCUT2D eigenvalue weighted by molar-refractivity contribution is -0.154. The highest BCUT2D eigenvalue weighted by Gasteiger charge is 2.47. The van der Waals surface area contributed by atoms with E-state index in [1.807, 2.05) is 0 Å². The minimum atomic E-state index is -4.34. The van der Waals surface area contributed by atoms with Gasteiger partial charge in [0.15, 0.2) is 11.6 Å². The average molecular weight is 820 g/mol. The quantitative estimate of drug-likeness (QED) is 0.0548. The molecule has 0 radical (unpaired) electrons. The van der Waals surface area contributed by atoms with Crippen LogP contribution in [0.4, 0.5) is 4.79 Å². The molecule has 0 unspecified atom stereocenters. The Hall–Kier alpha value is -5.01. The molecule has 0 bridgehead atoms. The van der Waals surface area contributed by atoms with Gasteiger partial charge in [-0.1, -0.05) is 38.1 Å². The number of nitrogens with zero attached hydrogens (tertiary/aromatic N) is 2. The molecule has 3 rings (SSSR count). The molecule has 2 aliphatic heterocycles. The van der Waals surface area contributed by atoms with E-state index in [0.717, 1.165) is 22.0 Å². The van der Waals surface area contributed by atoms with E-state index in [-0.39, 0.29) is 63.6 Å².